The summed E-state index contributed by atoms with van der Waals surface area (Å²) in [6.07, 6.45) is 12.6. The monoisotopic (exact) mass is 358 g/mol. The summed E-state index contributed by atoms with van der Waals surface area (Å²) >= 11 is 0. The van der Waals surface area contributed by atoms with Crippen molar-refractivity contribution in [2.45, 2.75) is 45.4 Å². The van der Waals surface area contributed by atoms with Crippen LogP contribution in [-0.2, 0) is 0 Å². The van der Waals surface area contributed by atoms with Gasteiger partial charge in [-0.15, -0.1) is 0 Å². The van der Waals surface area contributed by atoms with Gasteiger partial charge >= 0.3 is 0 Å². The SMILES string of the molecule is CCCCCP(CCCCCPc1ccccc1)c1ccccc1. The quantitative estimate of drug-likeness (QED) is 0.315. The topological polar surface area (TPSA) is 0 Å². The lowest BCUT2D eigenvalue weighted by Gasteiger charge is -2.18. The molecule has 0 amide bonds. The second-order valence-electron chi connectivity index (χ2n) is 6.38. The molecule has 0 bridgehead atoms. The third kappa shape index (κ3) is 7.92. The summed E-state index contributed by atoms with van der Waals surface area (Å²) in [4.78, 5) is 0. The van der Waals surface area contributed by atoms with Gasteiger partial charge in [0.25, 0.3) is 0 Å². The molecule has 0 saturated carbocycles. The predicted molar refractivity (Wildman–Crippen MR) is 115 cm³/mol. The Bertz CT molecular complexity index is 524. The molecule has 0 aromatic heterocycles. The summed E-state index contributed by atoms with van der Waals surface area (Å²) in [5.41, 5.74) is 0. The zero-order valence-corrected chi connectivity index (χ0v) is 17.0. The van der Waals surface area contributed by atoms with Crippen LogP contribution < -0.4 is 10.6 Å². The molecule has 2 rings (SSSR count). The summed E-state index contributed by atoms with van der Waals surface area (Å²) in [6.45, 7) is 2.30. The molecule has 0 nitrogen and oxygen atoms in total. The summed E-state index contributed by atoms with van der Waals surface area (Å²) in [5.74, 6) is 0. The van der Waals surface area contributed by atoms with Gasteiger partial charge in [0.2, 0.25) is 0 Å². The lowest BCUT2D eigenvalue weighted by atomic mass is 10.3. The maximum atomic E-state index is 2.36. The Morgan fingerprint density at radius 2 is 1.33 bits per heavy atom. The highest BCUT2D eigenvalue weighted by atomic mass is 31.1. The van der Waals surface area contributed by atoms with Crippen LogP contribution in [0.5, 0.6) is 0 Å². The van der Waals surface area contributed by atoms with Gasteiger partial charge in [0.05, 0.1) is 0 Å². The van der Waals surface area contributed by atoms with Gasteiger partial charge in [-0.2, -0.15) is 0 Å². The van der Waals surface area contributed by atoms with E-state index >= 15 is 0 Å². The van der Waals surface area contributed by atoms with Crippen molar-refractivity contribution in [2.75, 3.05) is 18.5 Å². The molecule has 2 unspecified atom stereocenters. The van der Waals surface area contributed by atoms with Gasteiger partial charge in [-0.1, -0.05) is 103 Å². The fraction of sp³-hybridized carbons (Fsp3) is 0.455. The van der Waals surface area contributed by atoms with Crippen molar-refractivity contribution in [3.8, 4) is 0 Å². The highest BCUT2D eigenvalue weighted by Gasteiger charge is 2.09. The van der Waals surface area contributed by atoms with Crippen LogP contribution in [0.25, 0.3) is 0 Å². The number of benzene rings is 2. The first-order valence-electron chi connectivity index (χ1n) is 9.49. The maximum Gasteiger partial charge on any atom is -0.0240 e. The lowest BCUT2D eigenvalue weighted by molar-refractivity contribution is 0.766. The van der Waals surface area contributed by atoms with E-state index in [1.807, 2.05) is 0 Å². The zero-order valence-electron chi connectivity index (χ0n) is 15.1. The normalized spacial score (nSPS) is 12.7. The highest BCUT2D eigenvalue weighted by molar-refractivity contribution is 7.65. The molecule has 0 aliphatic heterocycles. The smallest absolute Gasteiger partial charge is 0.0240 e. The molecule has 2 aromatic rings. The Morgan fingerprint density at radius 3 is 2.00 bits per heavy atom. The van der Waals surface area contributed by atoms with Gasteiger partial charge in [0.1, 0.15) is 0 Å². The molecule has 0 heterocycles. The third-order valence-electron chi connectivity index (χ3n) is 4.36. The van der Waals surface area contributed by atoms with Crippen molar-refractivity contribution >= 4 is 27.1 Å². The van der Waals surface area contributed by atoms with Crippen LogP contribution in [-0.4, -0.2) is 18.5 Å². The largest absolute Gasteiger partial charge is 0.0904 e. The van der Waals surface area contributed by atoms with E-state index in [1.165, 1.54) is 62.3 Å². The van der Waals surface area contributed by atoms with Crippen molar-refractivity contribution in [2.24, 2.45) is 0 Å². The molecule has 0 saturated heterocycles. The van der Waals surface area contributed by atoms with Crippen molar-refractivity contribution < 1.29 is 0 Å². The Kier molecular flexibility index (Phi) is 10.3. The number of hydrogen-bond acceptors (Lipinski definition) is 0. The van der Waals surface area contributed by atoms with Crippen LogP contribution in [0, 0.1) is 0 Å². The van der Waals surface area contributed by atoms with Crippen LogP contribution in [0.1, 0.15) is 45.4 Å². The highest BCUT2D eigenvalue weighted by Crippen LogP contribution is 2.37. The zero-order chi connectivity index (χ0) is 16.9. The van der Waals surface area contributed by atoms with Crippen LogP contribution in [0.4, 0.5) is 0 Å². The molecule has 2 atom stereocenters. The van der Waals surface area contributed by atoms with Crippen LogP contribution in [0.15, 0.2) is 60.7 Å². The van der Waals surface area contributed by atoms with E-state index in [1.54, 1.807) is 5.30 Å². The summed E-state index contributed by atoms with van der Waals surface area (Å²) in [5, 5.41) is 3.14. The van der Waals surface area contributed by atoms with E-state index < -0.39 is 0 Å². The van der Waals surface area contributed by atoms with E-state index in [0.717, 1.165) is 8.58 Å². The Hall–Kier alpha value is -0.700. The lowest BCUT2D eigenvalue weighted by Crippen LogP contribution is -2.06. The molecule has 2 aromatic carbocycles. The first kappa shape index (κ1) is 19.6. The predicted octanol–water partition coefficient (Wildman–Crippen LogP) is 6.16. The van der Waals surface area contributed by atoms with Gasteiger partial charge in [0, 0.05) is 0 Å². The molecule has 0 fully saturated rings. The Morgan fingerprint density at radius 1 is 0.708 bits per heavy atom. The van der Waals surface area contributed by atoms with E-state index in [9.17, 15) is 0 Å². The third-order valence-corrected chi connectivity index (χ3v) is 8.45. The van der Waals surface area contributed by atoms with Crippen LogP contribution in [0.3, 0.4) is 0 Å². The van der Waals surface area contributed by atoms with Gasteiger partial charge < -0.3 is 0 Å². The first-order chi connectivity index (χ1) is 11.9. The van der Waals surface area contributed by atoms with E-state index in [-0.39, 0.29) is 7.92 Å². The summed E-state index contributed by atoms with van der Waals surface area (Å²) in [7, 11) is 1.06. The molecular weight excluding hydrogens is 326 g/mol. The second kappa shape index (κ2) is 12.6. The van der Waals surface area contributed by atoms with Crippen molar-refractivity contribution in [3.05, 3.63) is 60.7 Å². The Balaban J connectivity index is 1.66. The van der Waals surface area contributed by atoms with Crippen LogP contribution >= 0.6 is 16.5 Å². The fourth-order valence-electron chi connectivity index (χ4n) is 2.95. The number of rotatable bonds is 12. The van der Waals surface area contributed by atoms with Crippen molar-refractivity contribution in [1.29, 1.82) is 0 Å². The summed E-state index contributed by atoms with van der Waals surface area (Å²) < 4.78 is 0. The molecule has 0 spiro atoms. The molecule has 0 aliphatic rings. The molecule has 0 radical (unpaired) electrons. The summed E-state index contributed by atoms with van der Waals surface area (Å²) in [6, 6.07) is 22.2. The van der Waals surface area contributed by atoms with E-state index in [2.05, 4.69) is 67.6 Å². The maximum absolute atomic E-state index is 2.36. The molecule has 0 aliphatic carbocycles. The van der Waals surface area contributed by atoms with Crippen molar-refractivity contribution in [3.63, 3.8) is 0 Å². The molecular formula is C22H32P2. The van der Waals surface area contributed by atoms with Gasteiger partial charge in [-0.25, -0.2) is 0 Å². The average molecular weight is 358 g/mol. The molecule has 0 N–H and O–H groups in total. The second-order valence-corrected chi connectivity index (χ2v) is 10.3. The Labute approximate surface area is 152 Å². The fourth-order valence-corrected chi connectivity index (χ4v) is 6.64. The first-order valence-corrected chi connectivity index (χ1v) is 12.4. The minimum Gasteiger partial charge on any atom is -0.0904 e. The van der Waals surface area contributed by atoms with E-state index in [4.69, 9.17) is 0 Å². The average Bonchev–Trinajstić information content (AvgIpc) is 2.64. The van der Waals surface area contributed by atoms with Crippen molar-refractivity contribution in [1.82, 2.24) is 0 Å². The van der Waals surface area contributed by atoms with Gasteiger partial charge in [0.15, 0.2) is 0 Å². The molecule has 130 valence electrons. The minimum atomic E-state index is 0.0702. The van der Waals surface area contributed by atoms with E-state index in [0.29, 0.717) is 0 Å². The number of unbranched alkanes of at least 4 members (excludes halogenated alkanes) is 4. The molecule has 2 heteroatoms. The minimum absolute atomic E-state index is 0.0702. The van der Waals surface area contributed by atoms with Gasteiger partial charge in [-0.3, -0.25) is 0 Å². The molecule has 24 heavy (non-hydrogen) atoms. The number of hydrogen-bond donors (Lipinski definition) is 0. The standard InChI is InChI=1S/C22H32P2/c1-2-3-12-19-24(22-16-9-5-10-17-22)20-13-6-11-18-23-21-14-7-4-8-15-21/h4-5,7-10,14-17,23H,2-3,6,11-13,18-20H2,1H3. The van der Waals surface area contributed by atoms with Crippen LogP contribution in [0.2, 0.25) is 0 Å². The van der Waals surface area contributed by atoms with Gasteiger partial charge in [-0.05, 0) is 48.4 Å².